The normalized spacial score (nSPS) is 23.1. The number of carbonyl (C=O) groups is 2. The van der Waals surface area contributed by atoms with Gasteiger partial charge in [0.1, 0.15) is 0 Å². The van der Waals surface area contributed by atoms with Gasteiger partial charge in [-0.05, 0) is 50.5 Å². The van der Waals surface area contributed by atoms with Crippen molar-refractivity contribution in [3.8, 4) is 0 Å². The third-order valence-electron chi connectivity index (χ3n) is 4.70. The number of aryl methyl sites for hydroxylation is 1. The van der Waals surface area contributed by atoms with Gasteiger partial charge in [-0.25, -0.2) is 0 Å². The Labute approximate surface area is 150 Å². The Hall–Kier alpha value is -1.59. The van der Waals surface area contributed by atoms with Gasteiger partial charge >= 0.3 is 0 Å². The van der Waals surface area contributed by atoms with E-state index in [1.807, 2.05) is 19.9 Å². The molecule has 1 aliphatic rings. The summed E-state index contributed by atoms with van der Waals surface area (Å²) < 4.78 is 0. The first-order valence-electron chi connectivity index (χ1n) is 8.14. The van der Waals surface area contributed by atoms with Gasteiger partial charge in [-0.1, -0.05) is 12.8 Å². The maximum Gasteiger partial charge on any atom is 0.253 e. The van der Waals surface area contributed by atoms with Crippen molar-refractivity contribution in [1.29, 1.82) is 0 Å². The van der Waals surface area contributed by atoms with Crippen molar-refractivity contribution in [3.05, 3.63) is 29.3 Å². The van der Waals surface area contributed by atoms with E-state index in [9.17, 15) is 9.59 Å². The van der Waals surface area contributed by atoms with Crippen molar-refractivity contribution >= 4 is 29.9 Å². The number of nitrogens with two attached hydrogens (primary N) is 1. The summed E-state index contributed by atoms with van der Waals surface area (Å²) in [5.41, 5.74) is 8.05. The lowest BCUT2D eigenvalue weighted by molar-refractivity contribution is -0.122. The van der Waals surface area contributed by atoms with Crippen molar-refractivity contribution in [3.63, 3.8) is 0 Å². The standard InChI is InChI=1S/C18H27N3O2.ClH/c1-12-11-13(8-9-14(12)17(23)21(3)4)20-16(22)15-7-5-6-10-18(15,2)19;/h8-9,11,15H,5-7,10,19H2,1-4H3,(H,20,22);1H. The molecule has 5 nitrogen and oxygen atoms in total. The molecule has 0 saturated heterocycles. The van der Waals surface area contributed by atoms with Crippen LogP contribution in [0.4, 0.5) is 5.69 Å². The van der Waals surface area contributed by atoms with Crippen LogP contribution in [0.3, 0.4) is 0 Å². The van der Waals surface area contributed by atoms with Crippen molar-refractivity contribution in [1.82, 2.24) is 4.90 Å². The van der Waals surface area contributed by atoms with E-state index in [1.165, 1.54) is 0 Å². The highest BCUT2D eigenvalue weighted by Crippen LogP contribution is 2.32. The van der Waals surface area contributed by atoms with Crippen LogP contribution in [0.25, 0.3) is 0 Å². The first kappa shape index (κ1) is 20.5. The molecular weight excluding hydrogens is 326 g/mol. The van der Waals surface area contributed by atoms with Crippen LogP contribution in [-0.4, -0.2) is 36.3 Å². The number of benzene rings is 1. The zero-order chi connectivity index (χ0) is 17.2. The van der Waals surface area contributed by atoms with E-state index in [0.29, 0.717) is 11.3 Å². The summed E-state index contributed by atoms with van der Waals surface area (Å²) in [6.07, 6.45) is 3.83. The molecule has 0 spiro atoms. The molecule has 24 heavy (non-hydrogen) atoms. The van der Waals surface area contributed by atoms with E-state index in [0.717, 1.165) is 31.2 Å². The minimum Gasteiger partial charge on any atom is -0.345 e. The third kappa shape index (κ3) is 4.48. The summed E-state index contributed by atoms with van der Waals surface area (Å²) in [7, 11) is 3.45. The van der Waals surface area contributed by atoms with Crippen LogP contribution in [-0.2, 0) is 4.79 Å². The molecule has 0 bridgehead atoms. The second-order valence-corrected chi connectivity index (χ2v) is 7.02. The lowest BCUT2D eigenvalue weighted by atomic mass is 9.74. The third-order valence-corrected chi connectivity index (χ3v) is 4.70. The second-order valence-electron chi connectivity index (χ2n) is 7.02. The number of hydrogen-bond donors (Lipinski definition) is 2. The molecule has 1 aliphatic carbocycles. The highest BCUT2D eigenvalue weighted by Gasteiger charge is 2.37. The summed E-state index contributed by atoms with van der Waals surface area (Å²) in [6.45, 7) is 3.83. The molecule has 6 heteroatoms. The van der Waals surface area contributed by atoms with E-state index < -0.39 is 5.54 Å². The number of halogens is 1. The molecule has 134 valence electrons. The fourth-order valence-corrected chi connectivity index (χ4v) is 3.24. The van der Waals surface area contributed by atoms with Gasteiger partial charge < -0.3 is 16.0 Å². The van der Waals surface area contributed by atoms with Gasteiger partial charge in [0.15, 0.2) is 0 Å². The predicted molar refractivity (Wildman–Crippen MR) is 99.6 cm³/mol. The number of nitrogens with one attached hydrogen (secondary N) is 1. The van der Waals surface area contributed by atoms with Gasteiger partial charge in [-0.15, -0.1) is 12.4 Å². The first-order chi connectivity index (χ1) is 10.7. The van der Waals surface area contributed by atoms with Crippen LogP contribution in [0.2, 0.25) is 0 Å². The average molecular weight is 354 g/mol. The van der Waals surface area contributed by atoms with Gasteiger partial charge in [-0.3, -0.25) is 9.59 Å². The summed E-state index contributed by atoms with van der Waals surface area (Å²) >= 11 is 0. The molecular formula is C18H28ClN3O2. The molecule has 2 unspecified atom stereocenters. The molecule has 0 aromatic heterocycles. The van der Waals surface area contributed by atoms with Gasteiger partial charge in [0, 0.05) is 30.9 Å². The SMILES string of the molecule is Cc1cc(NC(=O)C2CCCCC2(C)N)ccc1C(=O)N(C)C.Cl. The Morgan fingerprint density at radius 2 is 1.96 bits per heavy atom. The smallest absolute Gasteiger partial charge is 0.253 e. The minimum atomic E-state index is -0.446. The summed E-state index contributed by atoms with van der Waals surface area (Å²) in [5, 5.41) is 2.96. The topological polar surface area (TPSA) is 75.4 Å². The summed E-state index contributed by atoms with van der Waals surface area (Å²) in [6, 6.07) is 5.37. The summed E-state index contributed by atoms with van der Waals surface area (Å²) in [5.74, 6) is -0.234. The molecule has 2 atom stereocenters. The Bertz CT molecular complexity index is 614. The van der Waals surface area contributed by atoms with Crippen LogP contribution in [0.5, 0.6) is 0 Å². The quantitative estimate of drug-likeness (QED) is 0.877. The Balaban J connectivity index is 0.00000288. The van der Waals surface area contributed by atoms with Gasteiger partial charge in [-0.2, -0.15) is 0 Å². The van der Waals surface area contributed by atoms with E-state index in [4.69, 9.17) is 5.73 Å². The molecule has 3 N–H and O–H groups in total. The highest BCUT2D eigenvalue weighted by atomic mass is 35.5. The fraction of sp³-hybridized carbons (Fsp3) is 0.556. The van der Waals surface area contributed by atoms with Crippen LogP contribution in [0.1, 0.15) is 48.5 Å². The van der Waals surface area contributed by atoms with Crippen molar-refractivity contribution in [2.75, 3.05) is 19.4 Å². The molecule has 0 aliphatic heterocycles. The molecule has 1 saturated carbocycles. The Morgan fingerprint density at radius 1 is 1.29 bits per heavy atom. The molecule has 2 amide bonds. The van der Waals surface area contributed by atoms with Crippen LogP contribution in [0.15, 0.2) is 18.2 Å². The lowest BCUT2D eigenvalue weighted by Crippen LogP contribution is -2.51. The number of rotatable bonds is 3. The first-order valence-corrected chi connectivity index (χ1v) is 8.14. The predicted octanol–water partition coefficient (Wildman–Crippen LogP) is 2.96. The average Bonchev–Trinajstić information content (AvgIpc) is 2.46. The van der Waals surface area contributed by atoms with Crippen molar-refractivity contribution < 1.29 is 9.59 Å². The zero-order valence-electron chi connectivity index (χ0n) is 14.9. The number of carbonyl (C=O) groups excluding carboxylic acids is 2. The number of nitrogens with zero attached hydrogens (tertiary/aromatic N) is 1. The van der Waals surface area contributed by atoms with E-state index in [-0.39, 0.29) is 30.1 Å². The fourth-order valence-electron chi connectivity index (χ4n) is 3.24. The van der Waals surface area contributed by atoms with Crippen LogP contribution in [0, 0.1) is 12.8 Å². The van der Waals surface area contributed by atoms with E-state index >= 15 is 0 Å². The Kier molecular flexibility index (Phi) is 6.81. The van der Waals surface area contributed by atoms with Crippen LogP contribution < -0.4 is 11.1 Å². The highest BCUT2D eigenvalue weighted by molar-refractivity contribution is 5.97. The molecule has 1 fully saturated rings. The number of hydrogen-bond acceptors (Lipinski definition) is 3. The molecule has 2 rings (SSSR count). The monoisotopic (exact) mass is 353 g/mol. The molecule has 0 heterocycles. The lowest BCUT2D eigenvalue weighted by Gasteiger charge is -2.37. The number of anilines is 1. The van der Waals surface area contributed by atoms with Crippen molar-refractivity contribution in [2.24, 2.45) is 11.7 Å². The van der Waals surface area contributed by atoms with Crippen LogP contribution >= 0.6 is 12.4 Å². The largest absolute Gasteiger partial charge is 0.345 e. The van der Waals surface area contributed by atoms with Gasteiger partial charge in [0.25, 0.3) is 5.91 Å². The Morgan fingerprint density at radius 3 is 2.50 bits per heavy atom. The van der Waals surface area contributed by atoms with Gasteiger partial charge in [0.2, 0.25) is 5.91 Å². The maximum absolute atomic E-state index is 12.6. The van der Waals surface area contributed by atoms with E-state index in [1.54, 1.807) is 31.1 Å². The van der Waals surface area contributed by atoms with Gasteiger partial charge in [0.05, 0.1) is 5.92 Å². The second kappa shape index (κ2) is 7.99. The summed E-state index contributed by atoms with van der Waals surface area (Å²) in [4.78, 5) is 26.2. The maximum atomic E-state index is 12.6. The molecule has 0 radical (unpaired) electrons. The van der Waals surface area contributed by atoms with Crippen molar-refractivity contribution in [2.45, 2.75) is 45.1 Å². The zero-order valence-corrected chi connectivity index (χ0v) is 15.7. The number of amides is 2. The molecule has 1 aromatic carbocycles. The minimum absolute atomic E-state index is 0. The van der Waals surface area contributed by atoms with E-state index in [2.05, 4.69) is 5.32 Å². The molecule has 1 aromatic rings.